The van der Waals surface area contributed by atoms with Gasteiger partial charge in [0, 0.05) is 13.2 Å². The number of hydrogen-bond acceptors (Lipinski definition) is 5. The molecule has 0 aliphatic carbocycles. The van der Waals surface area contributed by atoms with Gasteiger partial charge in [-0.3, -0.25) is 0 Å². The van der Waals surface area contributed by atoms with Gasteiger partial charge in [-0.05, 0) is 28.8 Å². The van der Waals surface area contributed by atoms with Crippen LogP contribution in [0.25, 0.3) is 0 Å². The van der Waals surface area contributed by atoms with E-state index in [1.54, 1.807) is 4.68 Å². The van der Waals surface area contributed by atoms with Gasteiger partial charge in [0.05, 0.1) is 6.10 Å². The molecule has 2 N–H and O–H groups in total. The van der Waals surface area contributed by atoms with Crippen molar-refractivity contribution in [1.82, 2.24) is 14.8 Å². The second kappa shape index (κ2) is 4.91. The first-order valence-electron chi connectivity index (χ1n) is 4.81. The van der Waals surface area contributed by atoms with Gasteiger partial charge in [0.25, 0.3) is 0 Å². The molecule has 0 atom stereocenters. The standard InChI is InChI=1S/C8H13BrN4O2/c9-7-11-8(10)12-13(7)5-15-6-1-3-14-4-2-6/h6H,1-5H2,(H2,10,12). The molecule has 7 heteroatoms. The number of ether oxygens (including phenoxy) is 2. The van der Waals surface area contributed by atoms with E-state index in [2.05, 4.69) is 26.0 Å². The Morgan fingerprint density at radius 2 is 2.27 bits per heavy atom. The van der Waals surface area contributed by atoms with Gasteiger partial charge in [0.15, 0.2) is 4.73 Å². The number of aromatic nitrogens is 3. The zero-order chi connectivity index (χ0) is 10.7. The number of nitrogens with two attached hydrogens (primary N) is 1. The quantitative estimate of drug-likeness (QED) is 0.883. The fourth-order valence-corrected chi connectivity index (χ4v) is 1.80. The van der Waals surface area contributed by atoms with Crippen molar-refractivity contribution in [2.45, 2.75) is 25.7 Å². The molecule has 1 aliphatic rings. The van der Waals surface area contributed by atoms with Crippen molar-refractivity contribution in [3.05, 3.63) is 4.73 Å². The Morgan fingerprint density at radius 3 is 2.87 bits per heavy atom. The van der Waals surface area contributed by atoms with Crippen LogP contribution >= 0.6 is 15.9 Å². The summed E-state index contributed by atoms with van der Waals surface area (Å²) in [6.45, 7) is 1.91. The number of rotatable bonds is 3. The Labute approximate surface area is 95.9 Å². The molecule has 2 rings (SSSR count). The van der Waals surface area contributed by atoms with E-state index in [9.17, 15) is 0 Å². The fraction of sp³-hybridized carbons (Fsp3) is 0.750. The Balaban J connectivity index is 1.84. The molecule has 0 unspecified atom stereocenters. The predicted molar refractivity (Wildman–Crippen MR) is 57.1 cm³/mol. The lowest BCUT2D eigenvalue weighted by atomic mass is 10.2. The monoisotopic (exact) mass is 276 g/mol. The van der Waals surface area contributed by atoms with Gasteiger partial charge < -0.3 is 15.2 Å². The number of anilines is 1. The normalized spacial score (nSPS) is 18.2. The molecule has 1 aromatic rings. The SMILES string of the molecule is Nc1nc(Br)n(COC2CCOCC2)n1. The minimum Gasteiger partial charge on any atom is -0.381 e. The van der Waals surface area contributed by atoms with E-state index >= 15 is 0 Å². The van der Waals surface area contributed by atoms with Crippen molar-refractivity contribution in [2.75, 3.05) is 18.9 Å². The van der Waals surface area contributed by atoms with E-state index in [-0.39, 0.29) is 12.1 Å². The lowest BCUT2D eigenvalue weighted by Gasteiger charge is -2.22. The van der Waals surface area contributed by atoms with Crippen LogP contribution in [0.4, 0.5) is 5.95 Å². The van der Waals surface area contributed by atoms with Crippen LogP contribution < -0.4 is 5.73 Å². The third-order valence-corrected chi connectivity index (χ3v) is 2.83. The largest absolute Gasteiger partial charge is 0.381 e. The summed E-state index contributed by atoms with van der Waals surface area (Å²) in [6.07, 6.45) is 2.11. The van der Waals surface area contributed by atoms with E-state index in [1.165, 1.54) is 0 Å². The molecule has 6 nitrogen and oxygen atoms in total. The second-order valence-corrected chi connectivity index (χ2v) is 4.06. The van der Waals surface area contributed by atoms with Crippen molar-refractivity contribution in [3.63, 3.8) is 0 Å². The molecule has 0 saturated carbocycles. The lowest BCUT2D eigenvalue weighted by molar-refractivity contribution is -0.0606. The lowest BCUT2D eigenvalue weighted by Crippen LogP contribution is -2.24. The van der Waals surface area contributed by atoms with Gasteiger partial charge in [-0.25, -0.2) is 4.68 Å². The second-order valence-electron chi connectivity index (χ2n) is 3.35. The molecule has 1 saturated heterocycles. The Bertz CT molecular complexity index is 324. The molecular formula is C8H13BrN4O2. The number of nitrogens with zero attached hydrogens (tertiary/aromatic N) is 3. The molecule has 0 aromatic carbocycles. The van der Waals surface area contributed by atoms with E-state index in [4.69, 9.17) is 15.2 Å². The maximum absolute atomic E-state index is 5.66. The zero-order valence-corrected chi connectivity index (χ0v) is 9.81. The fourth-order valence-electron chi connectivity index (χ4n) is 1.44. The molecule has 15 heavy (non-hydrogen) atoms. The topological polar surface area (TPSA) is 75.2 Å². The van der Waals surface area contributed by atoms with Gasteiger partial charge in [-0.15, -0.1) is 5.10 Å². The highest BCUT2D eigenvalue weighted by molar-refractivity contribution is 9.10. The van der Waals surface area contributed by atoms with Crippen molar-refractivity contribution in [1.29, 1.82) is 0 Å². The molecule has 84 valence electrons. The minimum absolute atomic E-state index is 0.246. The summed E-state index contributed by atoms with van der Waals surface area (Å²) < 4.78 is 13.1. The molecule has 2 heterocycles. The minimum atomic E-state index is 0.246. The summed E-state index contributed by atoms with van der Waals surface area (Å²) in [7, 11) is 0. The first-order valence-corrected chi connectivity index (χ1v) is 5.60. The maximum Gasteiger partial charge on any atom is 0.240 e. The summed E-state index contributed by atoms with van der Waals surface area (Å²) in [6, 6.07) is 0. The average molecular weight is 277 g/mol. The summed E-state index contributed by atoms with van der Waals surface area (Å²) in [5.74, 6) is 0.248. The molecule has 0 bridgehead atoms. The summed E-state index contributed by atoms with van der Waals surface area (Å²) >= 11 is 3.25. The Morgan fingerprint density at radius 1 is 1.53 bits per heavy atom. The molecule has 1 aliphatic heterocycles. The highest BCUT2D eigenvalue weighted by Gasteiger charge is 2.15. The highest BCUT2D eigenvalue weighted by Crippen LogP contribution is 2.13. The molecular weight excluding hydrogens is 264 g/mol. The number of hydrogen-bond donors (Lipinski definition) is 1. The molecule has 0 spiro atoms. The van der Waals surface area contributed by atoms with E-state index in [0.717, 1.165) is 26.1 Å². The van der Waals surface area contributed by atoms with E-state index in [0.29, 0.717) is 11.5 Å². The smallest absolute Gasteiger partial charge is 0.240 e. The first-order chi connectivity index (χ1) is 7.25. The number of nitrogen functional groups attached to an aromatic ring is 1. The van der Waals surface area contributed by atoms with Crippen LogP contribution in [0.15, 0.2) is 4.73 Å². The third-order valence-electron chi connectivity index (χ3n) is 2.24. The Kier molecular flexibility index (Phi) is 3.55. The predicted octanol–water partition coefficient (Wildman–Crippen LogP) is 0.776. The van der Waals surface area contributed by atoms with Gasteiger partial charge in [-0.2, -0.15) is 4.98 Å². The highest BCUT2D eigenvalue weighted by atomic mass is 79.9. The summed E-state index contributed by atoms with van der Waals surface area (Å²) in [5.41, 5.74) is 5.44. The first kappa shape index (κ1) is 10.8. The van der Waals surface area contributed by atoms with Crippen LogP contribution in [-0.4, -0.2) is 34.1 Å². The summed E-state index contributed by atoms with van der Waals surface area (Å²) in [4.78, 5) is 3.92. The van der Waals surface area contributed by atoms with Crippen LogP contribution in [0.3, 0.4) is 0 Å². The molecule has 1 fully saturated rings. The van der Waals surface area contributed by atoms with Gasteiger partial charge >= 0.3 is 0 Å². The van der Waals surface area contributed by atoms with Crippen molar-refractivity contribution in [2.24, 2.45) is 0 Å². The summed E-state index contributed by atoms with van der Waals surface area (Å²) in [5, 5.41) is 3.97. The number of halogens is 1. The molecule has 1 aromatic heterocycles. The molecule has 0 radical (unpaired) electrons. The van der Waals surface area contributed by atoms with Crippen LogP contribution in [0, 0.1) is 0 Å². The average Bonchev–Trinajstić information content (AvgIpc) is 2.56. The van der Waals surface area contributed by atoms with Gasteiger partial charge in [-0.1, -0.05) is 0 Å². The van der Waals surface area contributed by atoms with Crippen molar-refractivity contribution >= 4 is 21.9 Å². The van der Waals surface area contributed by atoms with Gasteiger partial charge in [0.2, 0.25) is 5.95 Å². The van der Waals surface area contributed by atoms with Crippen molar-refractivity contribution < 1.29 is 9.47 Å². The van der Waals surface area contributed by atoms with Crippen LogP contribution in [0.2, 0.25) is 0 Å². The van der Waals surface area contributed by atoms with E-state index in [1.807, 2.05) is 0 Å². The van der Waals surface area contributed by atoms with Gasteiger partial charge in [0.1, 0.15) is 6.73 Å². The van der Waals surface area contributed by atoms with E-state index < -0.39 is 0 Å². The van der Waals surface area contributed by atoms with Crippen LogP contribution in [0.5, 0.6) is 0 Å². The Hall–Kier alpha value is -0.660. The van der Waals surface area contributed by atoms with Crippen LogP contribution in [0.1, 0.15) is 12.8 Å². The van der Waals surface area contributed by atoms with Crippen LogP contribution in [-0.2, 0) is 16.2 Å². The maximum atomic E-state index is 5.66. The van der Waals surface area contributed by atoms with Crippen molar-refractivity contribution in [3.8, 4) is 0 Å². The third kappa shape index (κ3) is 2.90. The molecule has 0 amide bonds. The zero-order valence-electron chi connectivity index (χ0n) is 8.23.